The fourth-order valence-electron chi connectivity index (χ4n) is 1.58. The van der Waals surface area contributed by atoms with Crippen LogP contribution >= 0.6 is 11.6 Å². The van der Waals surface area contributed by atoms with Crippen LogP contribution in [-0.4, -0.2) is 23.2 Å². The maximum Gasteiger partial charge on any atom is 0.220 e. The number of hydrogen-bond donors (Lipinski definition) is 0. The Morgan fingerprint density at radius 1 is 0.947 bits per heavy atom. The van der Waals surface area contributed by atoms with E-state index in [0.717, 1.165) is 5.56 Å². The van der Waals surface area contributed by atoms with Gasteiger partial charge in [0.1, 0.15) is 0 Å². The van der Waals surface area contributed by atoms with Gasteiger partial charge in [-0.15, -0.1) is 0 Å². The molecule has 0 atom stereocenters. The zero-order valence-corrected chi connectivity index (χ0v) is 11.6. The van der Waals surface area contributed by atoms with E-state index in [1.54, 1.807) is 18.2 Å². The zero-order chi connectivity index (χ0) is 13.7. The molecule has 1 aromatic heterocycles. The minimum Gasteiger partial charge on any atom is -0.478 e. The molecule has 0 radical (unpaired) electrons. The van der Waals surface area contributed by atoms with Gasteiger partial charge in [-0.1, -0.05) is 11.6 Å². The third kappa shape index (κ3) is 3.58. The second kappa shape index (κ2) is 6.38. The standard InChI is InChI=1S/C14H15ClN2O2/c1-3-18-12-9-13(19-4-2)17-14(16-12)10-5-7-11(15)8-6-10/h5-9H,3-4H2,1-2H3. The fraction of sp³-hybridized carbons (Fsp3) is 0.286. The molecule has 0 unspecified atom stereocenters. The van der Waals surface area contributed by atoms with Gasteiger partial charge in [0.2, 0.25) is 11.8 Å². The molecule has 1 aromatic carbocycles. The van der Waals surface area contributed by atoms with Gasteiger partial charge in [-0.3, -0.25) is 0 Å². The molecule has 0 saturated heterocycles. The Morgan fingerprint density at radius 3 is 1.95 bits per heavy atom. The molecule has 2 rings (SSSR count). The van der Waals surface area contributed by atoms with Crippen LogP contribution in [0, 0.1) is 0 Å². The summed E-state index contributed by atoms with van der Waals surface area (Å²) in [5.74, 6) is 1.57. The molecule has 4 nitrogen and oxygen atoms in total. The summed E-state index contributed by atoms with van der Waals surface area (Å²) >= 11 is 5.87. The van der Waals surface area contributed by atoms with Crippen molar-refractivity contribution >= 4 is 11.6 Å². The lowest BCUT2D eigenvalue weighted by Crippen LogP contribution is -2.01. The fourth-order valence-corrected chi connectivity index (χ4v) is 1.70. The maximum atomic E-state index is 5.87. The zero-order valence-electron chi connectivity index (χ0n) is 10.9. The Balaban J connectivity index is 2.40. The molecule has 0 saturated carbocycles. The van der Waals surface area contributed by atoms with E-state index in [2.05, 4.69) is 9.97 Å². The predicted molar refractivity (Wildman–Crippen MR) is 74.8 cm³/mol. The van der Waals surface area contributed by atoms with Crippen molar-refractivity contribution in [2.45, 2.75) is 13.8 Å². The number of ether oxygens (including phenoxy) is 2. The van der Waals surface area contributed by atoms with Gasteiger partial charge in [-0.25, -0.2) is 0 Å². The lowest BCUT2D eigenvalue weighted by Gasteiger charge is -2.08. The first kappa shape index (κ1) is 13.6. The van der Waals surface area contributed by atoms with Gasteiger partial charge < -0.3 is 9.47 Å². The molecule has 0 aliphatic carbocycles. The first-order chi connectivity index (χ1) is 9.22. The SMILES string of the molecule is CCOc1cc(OCC)nc(-c2ccc(Cl)cc2)n1. The molecule has 0 aliphatic heterocycles. The highest BCUT2D eigenvalue weighted by atomic mass is 35.5. The van der Waals surface area contributed by atoms with Crippen LogP contribution in [0.4, 0.5) is 0 Å². The van der Waals surface area contributed by atoms with Crippen molar-refractivity contribution in [3.63, 3.8) is 0 Å². The number of aromatic nitrogens is 2. The highest BCUT2D eigenvalue weighted by Gasteiger charge is 2.08. The molecule has 19 heavy (non-hydrogen) atoms. The highest BCUT2D eigenvalue weighted by molar-refractivity contribution is 6.30. The van der Waals surface area contributed by atoms with Gasteiger partial charge in [0.25, 0.3) is 0 Å². The van der Waals surface area contributed by atoms with E-state index in [1.807, 2.05) is 26.0 Å². The molecule has 0 fully saturated rings. The Hall–Kier alpha value is -1.81. The highest BCUT2D eigenvalue weighted by Crippen LogP contribution is 2.24. The molecule has 1 heterocycles. The third-order valence-corrected chi connectivity index (χ3v) is 2.62. The van der Waals surface area contributed by atoms with E-state index >= 15 is 0 Å². The Bertz CT molecular complexity index is 519. The second-order valence-electron chi connectivity index (χ2n) is 3.74. The summed E-state index contributed by atoms with van der Waals surface area (Å²) in [6, 6.07) is 9.01. The van der Waals surface area contributed by atoms with E-state index < -0.39 is 0 Å². The van der Waals surface area contributed by atoms with E-state index in [1.165, 1.54) is 0 Å². The molecule has 5 heteroatoms. The van der Waals surface area contributed by atoms with Gasteiger partial charge in [0.15, 0.2) is 5.82 Å². The van der Waals surface area contributed by atoms with Crippen molar-refractivity contribution in [3.8, 4) is 23.1 Å². The van der Waals surface area contributed by atoms with Gasteiger partial charge >= 0.3 is 0 Å². The lowest BCUT2D eigenvalue weighted by molar-refractivity contribution is 0.306. The minimum absolute atomic E-state index is 0.505. The van der Waals surface area contributed by atoms with E-state index in [4.69, 9.17) is 21.1 Å². The Morgan fingerprint density at radius 2 is 1.47 bits per heavy atom. The summed E-state index contributed by atoms with van der Waals surface area (Å²) in [5, 5.41) is 0.676. The molecular formula is C14H15ClN2O2. The smallest absolute Gasteiger partial charge is 0.220 e. The van der Waals surface area contributed by atoms with Crippen molar-refractivity contribution in [1.29, 1.82) is 0 Å². The van der Waals surface area contributed by atoms with Crippen LogP contribution in [0.5, 0.6) is 11.8 Å². The van der Waals surface area contributed by atoms with E-state index in [0.29, 0.717) is 35.8 Å². The van der Waals surface area contributed by atoms with Crippen LogP contribution in [0.1, 0.15) is 13.8 Å². The third-order valence-electron chi connectivity index (χ3n) is 2.37. The molecule has 0 aliphatic rings. The average Bonchev–Trinajstić information content (AvgIpc) is 2.40. The largest absolute Gasteiger partial charge is 0.478 e. The van der Waals surface area contributed by atoms with Gasteiger partial charge in [-0.2, -0.15) is 9.97 Å². The maximum absolute atomic E-state index is 5.87. The quantitative estimate of drug-likeness (QED) is 0.838. The molecule has 0 amide bonds. The minimum atomic E-state index is 0.505. The van der Waals surface area contributed by atoms with E-state index in [-0.39, 0.29) is 0 Å². The lowest BCUT2D eigenvalue weighted by atomic mass is 10.2. The molecule has 100 valence electrons. The van der Waals surface area contributed by atoms with E-state index in [9.17, 15) is 0 Å². The summed E-state index contributed by atoms with van der Waals surface area (Å²) in [6.07, 6.45) is 0. The van der Waals surface area contributed by atoms with Crippen LogP contribution in [-0.2, 0) is 0 Å². The number of benzene rings is 1. The monoisotopic (exact) mass is 278 g/mol. The average molecular weight is 279 g/mol. The summed E-state index contributed by atoms with van der Waals surface area (Å²) in [7, 11) is 0. The molecule has 0 spiro atoms. The normalized spacial score (nSPS) is 10.3. The summed E-state index contributed by atoms with van der Waals surface area (Å²) in [6.45, 7) is 4.90. The first-order valence-corrected chi connectivity index (χ1v) is 6.51. The Labute approximate surface area is 117 Å². The summed E-state index contributed by atoms with van der Waals surface area (Å²) in [4.78, 5) is 8.70. The number of nitrogens with zero attached hydrogens (tertiary/aromatic N) is 2. The van der Waals surface area contributed by atoms with Crippen LogP contribution in [0.25, 0.3) is 11.4 Å². The first-order valence-electron chi connectivity index (χ1n) is 6.13. The van der Waals surface area contributed by atoms with Crippen LogP contribution < -0.4 is 9.47 Å². The summed E-state index contributed by atoms with van der Waals surface area (Å²) < 4.78 is 10.8. The van der Waals surface area contributed by atoms with Crippen molar-refractivity contribution in [2.24, 2.45) is 0 Å². The van der Waals surface area contributed by atoms with Crippen molar-refractivity contribution in [1.82, 2.24) is 9.97 Å². The summed E-state index contributed by atoms with van der Waals surface area (Å²) in [5.41, 5.74) is 0.868. The van der Waals surface area contributed by atoms with Crippen molar-refractivity contribution in [2.75, 3.05) is 13.2 Å². The molecule has 0 bridgehead atoms. The number of hydrogen-bond acceptors (Lipinski definition) is 4. The van der Waals surface area contributed by atoms with Crippen molar-refractivity contribution in [3.05, 3.63) is 35.4 Å². The molecule has 0 N–H and O–H groups in total. The molecule has 2 aromatic rings. The van der Waals surface area contributed by atoms with Crippen LogP contribution in [0.3, 0.4) is 0 Å². The van der Waals surface area contributed by atoms with Gasteiger partial charge in [-0.05, 0) is 38.1 Å². The van der Waals surface area contributed by atoms with Crippen LogP contribution in [0.2, 0.25) is 5.02 Å². The van der Waals surface area contributed by atoms with Gasteiger partial charge in [0.05, 0.1) is 19.3 Å². The topological polar surface area (TPSA) is 44.2 Å². The van der Waals surface area contributed by atoms with Gasteiger partial charge in [0, 0.05) is 10.6 Å². The second-order valence-corrected chi connectivity index (χ2v) is 4.18. The predicted octanol–water partition coefficient (Wildman–Crippen LogP) is 3.59. The van der Waals surface area contributed by atoms with Crippen LogP contribution in [0.15, 0.2) is 30.3 Å². The number of halogens is 1. The Kier molecular flexibility index (Phi) is 4.58. The van der Waals surface area contributed by atoms with Crippen molar-refractivity contribution < 1.29 is 9.47 Å². The molecular weight excluding hydrogens is 264 g/mol. The number of rotatable bonds is 5.